The van der Waals surface area contributed by atoms with Crippen LogP contribution in [0.15, 0.2) is 60.9 Å². The largest absolute Gasteiger partial charge is 0.361 e. The van der Waals surface area contributed by atoms with E-state index in [9.17, 15) is 0 Å². The summed E-state index contributed by atoms with van der Waals surface area (Å²) < 4.78 is 6.40. The van der Waals surface area contributed by atoms with Crippen molar-refractivity contribution in [3.8, 4) is 0 Å². The molecular formula is C20H22N2OP2. The zero-order chi connectivity index (χ0) is 17.2. The van der Waals surface area contributed by atoms with Crippen LogP contribution in [0, 0.1) is 0 Å². The summed E-state index contributed by atoms with van der Waals surface area (Å²) >= 11 is 0. The fourth-order valence-corrected chi connectivity index (χ4v) is 7.15. The van der Waals surface area contributed by atoms with Gasteiger partial charge in [0.2, 0.25) is 0 Å². The van der Waals surface area contributed by atoms with Crippen molar-refractivity contribution in [2.45, 2.75) is 12.3 Å². The van der Waals surface area contributed by atoms with Gasteiger partial charge in [0.25, 0.3) is 0 Å². The van der Waals surface area contributed by atoms with E-state index in [2.05, 4.69) is 84.2 Å². The minimum atomic E-state index is -0.470. The van der Waals surface area contributed by atoms with E-state index in [0.717, 1.165) is 12.3 Å². The van der Waals surface area contributed by atoms with Gasteiger partial charge < -0.3 is 14.3 Å². The second kappa shape index (κ2) is 7.30. The SMILES string of the molecule is CP(Cc1c[nH]c2ccccc12)OP(C)Cc1c[nH]c2ccccc12. The lowest BCUT2D eigenvalue weighted by atomic mass is 10.2. The molecule has 0 amide bonds. The third kappa shape index (κ3) is 3.65. The Morgan fingerprint density at radius 3 is 1.64 bits per heavy atom. The van der Waals surface area contributed by atoms with Crippen LogP contribution in [0.1, 0.15) is 11.1 Å². The van der Waals surface area contributed by atoms with Gasteiger partial charge in [0.15, 0.2) is 0 Å². The van der Waals surface area contributed by atoms with Crippen LogP contribution in [0.3, 0.4) is 0 Å². The van der Waals surface area contributed by atoms with E-state index in [1.165, 1.54) is 32.9 Å². The molecule has 0 saturated heterocycles. The van der Waals surface area contributed by atoms with Gasteiger partial charge in [0.05, 0.1) is 0 Å². The maximum Gasteiger partial charge on any atom is 0.0456 e. The van der Waals surface area contributed by atoms with E-state index < -0.39 is 16.3 Å². The van der Waals surface area contributed by atoms with E-state index in [1.54, 1.807) is 0 Å². The van der Waals surface area contributed by atoms with Gasteiger partial charge in [0, 0.05) is 62.8 Å². The van der Waals surface area contributed by atoms with E-state index in [4.69, 9.17) is 4.31 Å². The molecule has 2 N–H and O–H groups in total. The van der Waals surface area contributed by atoms with Gasteiger partial charge in [-0.1, -0.05) is 36.4 Å². The number of hydrogen-bond acceptors (Lipinski definition) is 1. The van der Waals surface area contributed by atoms with Crippen LogP contribution in [0.5, 0.6) is 0 Å². The summed E-state index contributed by atoms with van der Waals surface area (Å²) in [5.74, 6) is 0. The van der Waals surface area contributed by atoms with Gasteiger partial charge in [-0.05, 0) is 36.6 Å². The molecule has 0 bridgehead atoms. The molecule has 3 nitrogen and oxygen atoms in total. The molecule has 2 atom stereocenters. The van der Waals surface area contributed by atoms with Crippen molar-refractivity contribution in [3.63, 3.8) is 0 Å². The van der Waals surface area contributed by atoms with Gasteiger partial charge in [-0.2, -0.15) is 0 Å². The lowest BCUT2D eigenvalue weighted by Crippen LogP contribution is -1.87. The molecule has 0 saturated carbocycles. The molecule has 2 aromatic heterocycles. The predicted molar refractivity (Wildman–Crippen MR) is 111 cm³/mol. The second-order valence-corrected chi connectivity index (χ2v) is 10.2. The number of aromatic nitrogens is 2. The molecule has 0 fully saturated rings. The predicted octanol–water partition coefficient (Wildman–Crippen LogP) is 6.42. The molecule has 2 aromatic carbocycles. The Morgan fingerprint density at radius 2 is 1.16 bits per heavy atom. The number of fused-ring (bicyclic) bond motifs is 2. The Balaban J connectivity index is 1.41. The van der Waals surface area contributed by atoms with Crippen molar-refractivity contribution in [1.82, 2.24) is 9.97 Å². The van der Waals surface area contributed by atoms with Crippen molar-refractivity contribution in [1.29, 1.82) is 0 Å². The van der Waals surface area contributed by atoms with Crippen LogP contribution in [0.4, 0.5) is 0 Å². The van der Waals surface area contributed by atoms with E-state index in [0.29, 0.717) is 0 Å². The first-order valence-electron chi connectivity index (χ1n) is 8.41. The second-order valence-electron chi connectivity index (χ2n) is 6.37. The quantitative estimate of drug-likeness (QED) is 0.379. The van der Waals surface area contributed by atoms with Gasteiger partial charge in [-0.25, -0.2) is 0 Å². The smallest absolute Gasteiger partial charge is 0.0456 e. The highest BCUT2D eigenvalue weighted by Crippen LogP contribution is 2.53. The van der Waals surface area contributed by atoms with Crippen molar-refractivity contribution in [2.24, 2.45) is 0 Å². The molecular weight excluding hydrogens is 346 g/mol. The van der Waals surface area contributed by atoms with Crippen molar-refractivity contribution in [3.05, 3.63) is 72.1 Å². The fraction of sp³-hybridized carbons (Fsp3) is 0.200. The number of rotatable bonds is 6. The third-order valence-corrected chi connectivity index (χ3v) is 8.22. The topological polar surface area (TPSA) is 40.8 Å². The zero-order valence-corrected chi connectivity index (χ0v) is 16.3. The molecule has 4 aromatic rings. The van der Waals surface area contributed by atoms with Crippen molar-refractivity contribution >= 4 is 38.1 Å². The number of hydrogen-bond donors (Lipinski definition) is 2. The first-order chi connectivity index (χ1) is 12.2. The normalized spacial score (nSPS) is 14.2. The highest BCUT2D eigenvalue weighted by Gasteiger charge is 2.14. The fourth-order valence-electron chi connectivity index (χ4n) is 3.30. The Morgan fingerprint density at radius 1 is 0.720 bits per heavy atom. The minimum absolute atomic E-state index is 0.470. The summed E-state index contributed by atoms with van der Waals surface area (Å²) in [5.41, 5.74) is 5.14. The molecule has 0 radical (unpaired) electrons. The van der Waals surface area contributed by atoms with E-state index >= 15 is 0 Å². The molecule has 128 valence electrons. The molecule has 4 rings (SSSR count). The number of H-pyrrole nitrogens is 2. The Labute approximate surface area is 150 Å². The number of benzene rings is 2. The lowest BCUT2D eigenvalue weighted by molar-refractivity contribution is 0.687. The molecule has 2 heterocycles. The van der Waals surface area contributed by atoms with Crippen molar-refractivity contribution < 1.29 is 4.31 Å². The summed E-state index contributed by atoms with van der Waals surface area (Å²) in [5, 5.41) is 2.63. The summed E-state index contributed by atoms with van der Waals surface area (Å²) in [6, 6.07) is 17.0. The summed E-state index contributed by atoms with van der Waals surface area (Å²) in [7, 11) is -0.940. The maximum atomic E-state index is 6.40. The highest BCUT2D eigenvalue weighted by molar-refractivity contribution is 7.64. The Hall–Kier alpha value is -1.66. The van der Waals surface area contributed by atoms with Crippen LogP contribution < -0.4 is 0 Å². The first-order valence-corrected chi connectivity index (χ1v) is 12.2. The van der Waals surface area contributed by atoms with Gasteiger partial charge >= 0.3 is 0 Å². The van der Waals surface area contributed by atoms with Crippen LogP contribution in [0.25, 0.3) is 21.8 Å². The van der Waals surface area contributed by atoms with Crippen LogP contribution in [0.2, 0.25) is 0 Å². The minimum Gasteiger partial charge on any atom is -0.361 e. The molecule has 5 heteroatoms. The van der Waals surface area contributed by atoms with Gasteiger partial charge in [-0.15, -0.1) is 0 Å². The standard InChI is InChI=1S/C20H22N2OP2/c1-24(13-15-11-21-19-9-5-3-7-17(15)19)23-25(2)14-16-12-22-20-10-6-4-8-18(16)20/h3-12,21-22H,13-14H2,1-2H3. The Kier molecular flexibility index (Phi) is 4.90. The van der Waals surface area contributed by atoms with E-state index in [1.807, 2.05) is 0 Å². The van der Waals surface area contributed by atoms with Crippen LogP contribution in [-0.2, 0) is 16.6 Å². The average Bonchev–Trinajstić information content (AvgIpc) is 3.20. The maximum absolute atomic E-state index is 6.40. The molecule has 2 unspecified atom stereocenters. The van der Waals surface area contributed by atoms with E-state index in [-0.39, 0.29) is 0 Å². The van der Waals surface area contributed by atoms with Crippen LogP contribution >= 0.6 is 16.3 Å². The average molecular weight is 368 g/mol. The van der Waals surface area contributed by atoms with Gasteiger partial charge in [0.1, 0.15) is 0 Å². The molecule has 0 aliphatic carbocycles. The lowest BCUT2D eigenvalue weighted by Gasteiger charge is -2.18. The molecule has 25 heavy (non-hydrogen) atoms. The molecule has 0 aliphatic heterocycles. The number of nitrogens with one attached hydrogen (secondary N) is 2. The Bertz CT molecular complexity index is 911. The summed E-state index contributed by atoms with van der Waals surface area (Å²) in [6.45, 7) is 4.48. The number of para-hydroxylation sites is 2. The summed E-state index contributed by atoms with van der Waals surface area (Å²) in [4.78, 5) is 6.72. The molecule has 0 aliphatic rings. The van der Waals surface area contributed by atoms with Crippen molar-refractivity contribution in [2.75, 3.05) is 13.3 Å². The monoisotopic (exact) mass is 368 g/mol. The van der Waals surface area contributed by atoms with Gasteiger partial charge in [-0.3, -0.25) is 0 Å². The third-order valence-electron chi connectivity index (χ3n) is 4.41. The first kappa shape index (κ1) is 16.8. The summed E-state index contributed by atoms with van der Waals surface area (Å²) in [6.07, 6.45) is 6.26. The highest BCUT2D eigenvalue weighted by atomic mass is 31.2. The van der Waals surface area contributed by atoms with Crippen LogP contribution in [-0.4, -0.2) is 23.3 Å². The number of aromatic amines is 2. The zero-order valence-electron chi connectivity index (χ0n) is 14.5. The molecule has 0 spiro atoms.